The number of benzene rings is 1. The highest BCUT2D eigenvalue weighted by Gasteiger charge is 2.17. The topological polar surface area (TPSA) is 118 Å². The number of fused-ring (bicyclic) bond motifs is 1. The van der Waals surface area contributed by atoms with E-state index in [0.717, 1.165) is 6.26 Å². The summed E-state index contributed by atoms with van der Waals surface area (Å²) in [6.07, 6.45) is 1.51. The predicted molar refractivity (Wildman–Crippen MR) is 87.1 cm³/mol. The lowest BCUT2D eigenvalue weighted by molar-refractivity contribution is 0.0980. The van der Waals surface area contributed by atoms with Crippen LogP contribution in [0.3, 0.4) is 0 Å². The zero-order valence-corrected chi connectivity index (χ0v) is 13.9. The normalized spacial score (nSPS) is 11.6. The van der Waals surface area contributed by atoms with Gasteiger partial charge in [-0.05, 0) is 24.1 Å². The van der Waals surface area contributed by atoms with Gasteiger partial charge in [-0.3, -0.25) is 9.59 Å². The van der Waals surface area contributed by atoms with E-state index in [1.165, 1.54) is 12.1 Å². The minimum Gasteiger partial charge on any atom is -0.305 e. The molecule has 10 heteroatoms. The zero-order valence-electron chi connectivity index (χ0n) is 13.1. The molecule has 0 spiro atoms. The molecule has 0 fully saturated rings. The van der Waals surface area contributed by atoms with Crippen molar-refractivity contribution >= 4 is 26.7 Å². The second-order valence-electron chi connectivity index (χ2n) is 5.30. The molecule has 2 aromatic rings. The lowest BCUT2D eigenvalue weighted by Gasteiger charge is -2.10. The van der Waals surface area contributed by atoms with E-state index in [-0.39, 0.29) is 34.2 Å². The maximum atomic E-state index is 13.2. The van der Waals surface area contributed by atoms with Gasteiger partial charge in [-0.15, -0.1) is 0 Å². The number of carbonyl (C=O) groups is 1. The molecule has 0 saturated carbocycles. The molecule has 0 radical (unpaired) electrons. The summed E-state index contributed by atoms with van der Waals surface area (Å²) >= 11 is 0. The third-order valence-electron chi connectivity index (χ3n) is 3.30. The van der Waals surface area contributed by atoms with Gasteiger partial charge in [0.05, 0.1) is 17.2 Å². The van der Waals surface area contributed by atoms with Gasteiger partial charge in [0, 0.05) is 12.0 Å². The van der Waals surface area contributed by atoms with Gasteiger partial charge in [-0.1, -0.05) is 6.92 Å². The molecule has 0 aliphatic heterocycles. The van der Waals surface area contributed by atoms with Gasteiger partial charge in [0.25, 0.3) is 5.56 Å². The van der Waals surface area contributed by atoms with Gasteiger partial charge in [-0.2, -0.15) is 4.68 Å². The summed E-state index contributed by atoms with van der Waals surface area (Å²) in [5, 5.41) is -0.0950. The van der Waals surface area contributed by atoms with Crippen LogP contribution in [0.4, 0.5) is 4.39 Å². The summed E-state index contributed by atoms with van der Waals surface area (Å²) in [4.78, 5) is 40.4. The summed E-state index contributed by atoms with van der Waals surface area (Å²) < 4.78 is 36.0. The lowest BCUT2D eigenvalue weighted by Crippen LogP contribution is -2.43. The molecule has 2 rings (SSSR count). The molecular formula is C14H16FN3O5S. The quantitative estimate of drug-likeness (QED) is 0.736. The number of rotatable bonds is 6. The number of hydrogen-bond acceptors (Lipinski definition) is 5. The van der Waals surface area contributed by atoms with Crippen LogP contribution in [0.25, 0.3) is 10.9 Å². The van der Waals surface area contributed by atoms with E-state index >= 15 is 0 Å². The summed E-state index contributed by atoms with van der Waals surface area (Å²) in [5.41, 5.74) is -1.84. The first kappa shape index (κ1) is 17.9. The number of H-pyrrole nitrogens is 1. The Hall–Kier alpha value is -2.49. The van der Waals surface area contributed by atoms with Crippen molar-refractivity contribution in [3.8, 4) is 0 Å². The van der Waals surface area contributed by atoms with Crippen LogP contribution in [0.15, 0.2) is 21.7 Å². The van der Waals surface area contributed by atoms with Crippen LogP contribution >= 0.6 is 0 Å². The highest BCUT2D eigenvalue weighted by atomic mass is 32.2. The third-order valence-corrected chi connectivity index (χ3v) is 3.81. The second-order valence-corrected chi connectivity index (χ2v) is 7.02. The standard InChI is InChI=1S/C14H16FN3O5S/c1-3-4-12(19)9-6-10-11(5-8(9)7-15)16-14(21)18(13(10)20)17-24(2,22)23/h5-6,17H,3-4,7H2,1-2H3,(H,16,21). The molecule has 0 aliphatic rings. The first-order chi connectivity index (χ1) is 11.2. The van der Waals surface area contributed by atoms with Gasteiger partial charge in [0.1, 0.15) is 6.67 Å². The predicted octanol–water partition coefficient (Wildman–Crippen LogP) is 0.645. The number of aromatic amines is 1. The number of Topliss-reactive ketones (excluding diaryl/α,β-unsaturated/α-hetero) is 1. The Morgan fingerprint density at radius 2 is 2.00 bits per heavy atom. The number of sulfonamides is 1. The molecule has 0 amide bonds. The fourth-order valence-corrected chi connectivity index (χ4v) is 2.79. The van der Waals surface area contributed by atoms with Crippen molar-refractivity contribution in [2.75, 3.05) is 11.1 Å². The van der Waals surface area contributed by atoms with Crippen LogP contribution < -0.4 is 16.1 Å². The molecule has 0 atom stereocenters. The number of halogens is 1. The Morgan fingerprint density at radius 3 is 2.54 bits per heavy atom. The highest BCUT2D eigenvalue weighted by molar-refractivity contribution is 7.91. The van der Waals surface area contributed by atoms with E-state index in [1.807, 2.05) is 0 Å². The number of hydrogen-bond donors (Lipinski definition) is 2. The molecular weight excluding hydrogens is 341 g/mol. The molecule has 0 bridgehead atoms. The Morgan fingerprint density at radius 1 is 1.33 bits per heavy atom. The van der Waals surface area contributed by atoms with E-state index in [2.05, 4.69) is 4.98 Å². The van der Waals surface area contributed by atoms with Crippen LogP contribution in [-0.2, 0) is 16.7 Å². The van der Waals surface area contributed by atoms with Crippen molar-refractivity contribution in [2.45, 2.75) is 26.4 Å². The Labute approximate surface area is 136 Å². The highest BCUT2D eigenvalue weighted by Crippen LogP contribution is 2.19. The fraction of sp³-hybridized carbons (Fsp3) is 0.357. The van der Waals surface area contributed by atoms with E-state index in [9.17, 15) is 27.2 Å². The van der Waals surface area contributed by atoms with Gasteiger partial charge < -0.3 is 4.98 Å². The van der Waals surface area contributed by atoms with Gasteiger partial charge in [0.2, 0.25) is 10.0 Å². The average molecular weight is 357 g/mol. The number of ketones is 1. The minimum absolute atomic E-state index is 0.0252. The smallest absolute Gasteiger partial charge is 0.305 e. The van der Waals surface area contributed by atoms with E-state index < -0.39 is 27.9 Å². The first-order valence-corrected chi connectivity index (χ1v) is 8.96. The Balaban J connectivity index is 2.79. The van der Waals surface area contributed by atoms with Crippen molar-refractivity contribution in [1.29, 1.82) is 0 Å². The molecule has 1 aromatic heterocycles. The Kier molecular flexibility index (Phi) is 4.88. The van der Waals surface area contributed by atoms with Gasteiger partial charge in [-0.25, -0.2) is 22.4 Å². The molecule has 0 unspecified atom stereocenters. The van der Waals surface area contributed by atoms with E-state index in [0.29, 0.717) is 11.1 Å². The molecule has 0 saturated heterocycles. The van der Waals surface area contributed by atoms with Crippen LogP contribution in [0.2, 0.25) is 0 Å². The fourth-order valence-electron chi connectivity index (χ4n) is 2.29. The van der Waals surface area contributed by atoms with Crippen molar-refractivity contribution in [3.63, 3.8) is 0 Å². The van der Waals surface area contributed by atoms with E-state index in [4.69, 9.17) is 0 Å². The molecule has 8 nitrogen and oxygen atoms in total. The monoisotopic (exact) mass is 357 g/mol. The van der Waals surface area contributed by atoms with Crippen LogP contribution in [0.5, 0.6) is 0 Å². The Bertz CT molecular complexity index is 1020. The largest absolute Gasteiger partial charge is 0.348 e. The van der Waals surface area contributed by atoms with Gasteiger partial charge in [0.15, 0.2) is 5.78 Å². The van der Waals surface area contributed by atoms with Gasteiger partial charge >= 0.3 is 5.69 Å². The molecule has 1 aromatic carbocycles. The number of carbonyl (C=O) groups excluding carboxylic acids is 1. The maximum Gasteiger partial charge on any atom is 0.348 e. The molecule has 24 heavy (non-hydrogen) atoms. The van der Waals surface area contributed by atoms with Crippen molar-refractivity contribution in [2.24, 2.45) is 0 Å². The summed E-state index contributed by atoms with van der Waals surface area (Å²) in [7, 11) is -3.87. The van der Waals surface area contributed by atoms with Crippen LogP contribution in [-0.4, -0.2) is 30.1 Å². The van der Waals surface area contributed by atoms with Crippen molar-refractivity contribution in [3.05, 3.63) is 44.1 Å². The van der Waals surface area contributed by atoms with E-state index in [1.54, 1.807) is 11.8 Å². The first-order valence-electron chi connectivity index (χ1n) is 7.07. The number of alkyl halides is 1. The summed E-state index contributed by atoms with van der Waals surface area (Å²) in [5.74, 6) is -0.333. The SMILES string of the molecule is CCCC(=O)c1cc2c(=O)n(NS(C)(=O)=O)c(=O)[nH]c2cc1CF. The second kappa shape index (κ2) is 6.56. The molecule has 130 valence electrons. The number of nitrogens with zero attached hydrogens (tertiary/aromatic N) is 1. The third kappa shape index (κ3) is 3.53. The maximum absolute atomic E-state index is 13.2. The summed E-state index contributed by atoms with van der Waals surface area (Å²) in [6, 6.07) is 2.40. The molecule has 0 aliphatic carbocycles. The minimum atomic E-state index is -3.87. The van der Waals surface area contributed by atoms with Crippen molar-refractivity contribution in [1.82, 2.24) is 9.66 Å². The van der Waals surface area contributed by atoms with Crippen molar-refractivity contribution < 1.29 is 17.6 Å². The zero-order chi connectivity index (χ0) is 18.1. The molecule has 1 heterocycles. The summed E-state index contributed by atoms with van der Waals surface area (Å²) in [6.45, 7) is 0.849. The molecule has 2 N–H and O–H groups in total. The number of aromatic nitrogens is 2. The average Bonchev–Trinajstić information content (AvgIpc) is 2.49. The van der Waals surface area contributed by atoms with Crippen LogP contribution in [0.1, 0.15) is 35.7 Å². The van der Waals surface area contributed by atoms with Crippen LogP contribution in [0, 0.1) is 0 Å². The number of nitrogens with one attached hydrogen (secondary N) is 2. The lowest BCUT2D eigenvalue weighted by atomic mass is 9.99.